The summed E-state index contributed by atoms with van der Waals surface area (Å²) in [5, 5.41) is 11.7. The molecule has 0 spiro atoms. The highest BCUT2D eigenvalue weighted by atomic mass is 16.7. The fraction of sp³-hybridized carbons (Fsp3) is 0.804. The molecule has 55 heavy (non-hydrogen) atoms. The number of quaternary nitrogens is 1. The minimum absolute atomic E-state index is 0.143. The highest BCUT2D eigenvalue weighted by Crippen LogP contribution is 2.13. The molecule has 0 aromatic carbocycles. The number of hydrogen-bond donors (Lipinski definition) is 0. The first kappa shape index (κ1) is 52.5. The molecular weight excluding hydrogens is 695 g/mol. The van der Waals surface area contributed by atoms with Gasteiger partial charge in [-0.05, 0) is 70.6 Å². The molecule has 0 saturated heterocycles. The molecule has 320 valence electrons. The number of aliphatic carboxylic acids is 1. The summed E-state index contributed by atoms with van der Waals surface area (Å²) in [5.41, 5.74) is 0. The Morgan fingerprint density at radius 2 is 0.982 bits per heavy atom. The van der Waals surface area contributed by atoms with E-state index in [1.807, 2.05) is 21.1 Å². The average Bonchev–Trinajstić information content (AvgIpc) is 3.14. The van der Waals surface area contributed by atoms with Gasteiger partial charge < -0.3 is 33.3 Å². The zero-order valence-corrected chi connectivity index (χ0v) is 36.0. The van der Waals surface area contributed by atoms with Crippen LogP contribution in [-0.4, -0.2) is 82.3 Å². The molecule has 0 aromatic rings. The second kappa shape index (κ2) is 38.4. The minimum atomic E-state index is -1.62. The molecular formula is C46H83NO8. The molecule has 9 nitrogen and oxygen atoms in total. The van der Waals surface area contributed by atoms with Crippen LogP contribution in [0.1, 0.15) is 181 Å². The van der Waals surface area contributed by atoms with Crippen LogP contribution >= 0.6 is 0 Å². The largest absolute Gasteiger partial charge is 0.545 e. The number of carbonyl (C=O) groups is 3. The van der Waals surface area contributed by atoms with Crippen LogP contribution in [0.25, 0.3) is 0 Å². The van der Waals surface area contributed by atoms with Crippen LogP contribution in [0, 0.1) is 0 Å². The van der Waals surface area contributed by atoms with Crippen LogP contribution in [0.4, 0.5) is 0 Å². The van der Waals surface area contributed by atoms with E-state index in [1.54, 1.807) is 0 Å². The van der Waals surface area contributed by atoms with Crippen molar-refractivity contribution in [3.63, 3.8) is 0 Å². The van der Waals surface area contributed by atoms with Gasteiger partial charge in [-0.3, -0.25) is 9.59 Å². The smallest absolute Gasteiger partial charge is 0.306 e. The molecule has 0 radical (unpaired) electrons. The van der Waals surface area contributed by atoms with Crippen LogP contribution in [0.3, 0.4) is 0 Å². The summed E-state index contributed by atoms with van der Waals surface area (Å²) in [5.74, 6) is -2.32. The Hall–Kier alpha value is -2.49. The van der Waals surface area contributed by atoms with Gasteiger partial charge in [-0.25, -0.2) is 0 Å². The van der Waals surface area contributed by atoms with Crippen molar-refractivity contribution in [3.8, 4) is 0 Å². The normalized spacial score (nSPS) is 13.3. The molecule has 0 bridgehead atoms. The van der Waals surface area contributed by atoms with E-state index >= 15 is 0 Å². The van der Waals surface area contributed by atoms with Crippen molar-refractivity contribution in [2.75, 3.05) is 47.5 Å². The predicted molar refractivity (Wildman–Crippen MR) is 223 cm³/mol. The van der Waals surface area contributed by atoms with Gasteiger partial charge in [-0.1, -0.05) is 134 Å². The Balaban J connectivity index is 4.50. The topological polar surface area (TPSA) is 111 Å². The van der Waals surface area contributed by atoms with Crippen molar-refractivity contribution in [2.24, 2.45) is 0 Å². The summed E-state index contributed by atoms with van der Waals surface area (Å²) in [6.07, 6.45) is 38.8. The predicted octanol–water partition coefficient (Wildman–Crippen LogP) is 10.1. The maximum absolute atomic E-state index is 12.7. The Bertz CT molecular complexity index is 1000. The summed E-state index contributed by atoms with van der Waals surface area (Å²) in [6, 6.07) is 0. The van der Waals surface area contributed by atoms with Crippen molar-refractivity contribution in [2.45, 2.75) is 193 Å². The summed E-state index contributed by atoms with van der Waals surface area (Å²) >= 11 is 0. The summed E-state index contributed by atoms with van der Waals surface area (Å²) in [4.78, 5) is 36.9. The molecule has 2 atom stereocenters. The molecule has 0 amide bonds. The maximum Gasteiger partial charge on any atom is 0.306 e. The van der Waals surface area contributed by atoms with Gasteiger partial charge >= 0.3 is 11.9 Å². The molecule has 0 N–H and O–H groups in total. The van der Waals surface area contributed by atoms with Gasteiger partial charge in [0.25, 0.3) is 0 Å². The molecule has 0 aliphatic rings. The standard InChI is InChI=1S/C46H83NO8/c1-6-8-10-12-14-16-18-20-22-23-25-27-29-31-33-35-37-44(49)55-42(41-54-46(45(50)51)52-39-38-47(3,4)5)40-53-43(48)36-34-32-30-28-26-24-21-19-17-15-13-11-9-7-2/h16,18-19,21-23,42,46H,6-15,17,20,24-41H2,1-5H3/b18-16-,21-19-,23-22-. The summed E-state index contributed by atoms with van der Waals surface area (Å²) in [6.45, 7) is 4.68. The summed E-state index contributed by atoms with van der Waals surface area (Å²) < 4.78 is 22.5. The first-order valence-electron chi connectivity index (χ1n) is 22.1. The molecule has 0 aliphatic carbocycles. The zero-order valence-electron chi connectivity index (χ0n) is 36.0. The van der Waals surface area contributed by atoms with E-state index in [0.29, 0.717) is 17.4 Å². The lowest BCUT2D eigenvalue weighted by molar-refractivity contribution is -0.870. The number of likely N-dealkylation sites (N-methyl/N-ethyl adjacent to an activating group) is 1. The van der Waals surface area contributed by atoms with E-state index in [-0.39, 0.29) is 38.6 Å². The number of esters is 2. The Kier molecular flexibility index (Phi) is 36.6. The van der Waals surface area contributed by atoms with Gasteiger partial charge in [0, 0.05) is 12.8 Å². The average molecular weight is 778 g/mol. The number of allylic oxidation sites excluding steroid dienone is 6. The van der Waals surface area contributed by atoms with Crippen LogP contribution in [0.2, 0.25) is 0 Å². The SMILES string of the molecule is CCCCCC/C=C\C/C=C\CCCCCCCC(=O)OC(COC(=O)CCCCCCC/C=C\CCCCCCC)COC(OCC[N+](C)(C)C)C(=O)[O-]. The van der Waals surface area contributed by atoms with E-state index < -0.39 is 24.3 Å². The van der Waals surface area contributed by atoms with E-state index in [9.17, 15) is 19.5 Å². The number of carbonyl (C=O) groups excluding carboxylic acids is 3. The van der Waals surface area contributed by atoms with Crippen LogP contribution in [0.15, 0.2) is 36.5 Å². The number of carboxylic acid groups (broad SMARTS) is 1. The highest BCUT2D eigenvalue weighted by molar-refractivity contribution is 5.70. The van der Waals surface area contributed by atoms with E-state index in [1.165, 1.54) is 70.6 Å². The lowest BCUT2D eigenvalue weighted by Crippen LogP contribution is -2.44. The Labute approximate surface area is 337 Å². The maximum atomic E-state index is 12.7. The Morgan fingerprint density at radius 3 is 1.47 bits per heavy atom. The highest BCUT2D eigenvalue weighted by Gasteiger charge is 2.21. The second-order valence-corrected chi connectivity index (χ2v) is 16.0. The fourth-order valence-electron chi connectivity index (χ4n) is 5.85. The number of carboxylic acids is 1. The number of hydrogen-bond acceptors (Lipinski definition) is 8. The minimum Gasteiger partial charge on any atom is -0.545 e. The fourth-order valence-corrected chi connectivity index (χ4v) is 5.85. The third-order valence-corrected chi connectivity index (χ3v) is 9.36. The number of unbranched alkanes of at least 4 members (excludes halogenated alkanes) is 19. The van der Waals surface area contributed by atoms with E-state index in [4.69, 9.17) is 18.9 Å². The third kappa shape index (κ3) is 39.5. The van der Waals surface area contributed by atoms with Gasteiger partial charge in [-0.15, -0.1) is 0 Å². The van der Waals surface area contributed by atoms with Gasteiger partial charge in [0.2, 0.25) is 0 Å². The van der Waals surface area contributed by atoms with Crippen molar-refractivity contribution in [3.05, 3.63) is 36.5 Å². The van der Waals surface area contributed by atoms with Crippen LogP contribution in [-0.2, 0) is 33.3 Å². The van der Waals surface area contributed by atoms with Gasteiger partial charge in [0.15, 0.2) is 12.4 Å². The van der Waals surface area contributed by atoms with E-state index in [0.717, 1.165) is 77.0 Å². The lowest BCUT2D eigenvalue weighted by Gasteiger charge is -2.26. The molecule has 0 aromatic heterocycles. The van der Waals surface area contributed by atoms with Crippen molar-refractivity contribution < 1.29 is 42.9 Å². The molecule has 2 unspecified atom stereocenters. The molecule has 0 fully saturated rings. The monoisotopic (exact) mass is 778 g/mol. The molecule has 0 heterocycles. The number of rotatable bonds is 40. The first-order chi connectivity index (χ1) is 26.6. The van der Waals surface area contributed by atoms with Crippen LogP contribution in [0.5, 0.6) is 0 Å². The molecule has 0 aliphatic heterocycles. The van der Waals surface area contributed by atoms with Gasteiger partial charge in [0.05, 0.1) is 40.3 Å². The van der Waals surface area contributed by atoms with Crippen molar-refractivity contribution in [1.29, 1.82) is 0 Å². The first-order valence-corrected chi connectivity index (χ1v) is 22.1. The molecule has 9 heteroatoms. The second-order valence-electron chi connectivity index (χ2n) is 16.0. The lowest BCUT2D eigenvalue weighted by atomic mass is 10.1. The van der Waals surface area contributed by atoms with Crippen LogP contribution < -0.4 is 5.11 Å². The van der Waals surface area contributed by atoms with Gasteiger partial charge in [0.1, 0.15) is 13.2 Å². The van der Waals surface area contributed by atoms with E-state index in [2.05, 4.69) is 50.3 Å². The number of ether oxygens (including phenoxy) is 4. The quantitative estimate of drug-likeness (QED) is 0.0199. The summed E-state index contributed by atoms with van der Waals surface area (Å²) in [7, 11) is 5.90. The number of nitrogens with zero attached hydrogens (tertiary/aromatic N) is 1. The third-order valence-electron chi connectivity index (χ3n) is 9.36. The van der Waals surface area contributed by atoms with Gasteiger partial charge in [-0.2, -0.15) is 0 Å². The van der Waals surface area contributed by atoms with Crippen molar-refractivity contribution >= 4 is 17.9 Å². The molecule has 0 saturated carbocycles. The Morgan fingerprint density at radius 1 is 0.545 bits per heavy atom. The zero-order chi connectivity index (χ0) is 40.7. The molecule has 0 rings (SSSR count). The van der Waals surface area contributed by atoms with Crippen molar-refractivity contribution in [1.82, 2.24) is 0 Å².